The molecule has 100 valence electrons. The third-order valence-electron chi connectivity index (χ3n) is 3.00. The van der Waals surface area contributed by atoms with Gasteiger partial charge in [0.05, 0.1) is 6.61 Å². The highest BCUT2D eigenvalue weighted by Gasteiger charge is 2.12. The first-order chi connectivity index (χ1) is 9.11. The number of benzene rings is 2. The van der Waals surface area contributed by atoms with Gasteiger partial charge in [0.2, 0.25) is 0 Å². The van der Waals surface area contributed by atoms with E-state index in [9.17, 15) is 5.11 Å². The molecule has 0 fully saturated rings. The summed E-state index contributed by atoms with van der Waals surface area (Å²) in [6, 6.07) is 13.1. The van der Waals surface area contributed by atoms with Gasteiger partial charge in [-0.2, -0.15) is 0 Å². The summed E-state index contributed by atoms with van der Waals surface area (Å²) in [4.78, 5) is 0. The van der Waals surface area contributed by atoms with Crippen molar-refractivity contribution in [3.63, 3.8) is 0 Å². The number of hydrogen-bond donors (Lipinski definition) is 1. The van der Waals surface area contributed by atoms with Gasteiger partial charge in [0.25, 0.3) is 0 Å². The Morgan fingerprint density at radius 2 is 1.89 bits per heavy atom. The first-order valence-electron chi connectivity index (χ1n) is 6.28. The van der Waals surface area contributed by atoms with Gasteiger partial charge in [-0.15, -0.1) is 0 Å². The van der Waals surface area contributed by atoms with Gasteiger partial charge in [-0.05, 0) is 48.7 Å². The van der Waals surface area contributed by atoms with Crippen molar-refractivity contribution in [3.8, 4) is 5.75 Å². The minimum atomic E-state index is -0.696. The molecule has 1 N–H and O–H groups in total. The molecule has 0 aliphatic rings. The third-order valence-corrected chi connectivity index (χ3v) is 3.40. The first-order valence-corrected chi connectivity index (χ1v) is 6.66. The van der Waals surface area contributed by atoms with Crippen molar-refractivity contribution in [3.05, 3.63) is 64.2 Å². The molecule has 3 heteroatoms. The van der Waals surface area contributed by atoms with E-state index < -0.39 is 6.10 Å². The quantitative estimate of drug-likeness (QED) is 0.910. The number of aliphatic hydroxyl groups excluding tert-OH is 1. The number of aliphatic hydroxyl groups is 1. The predicted molar refractivity (Wildman–Crippen MR) is 77.9 cm³/mol. The zero-order valence-corrected chi connectivity index (χ0v) is 11.8. The zero-order chi connectivity index (χ0) is 13.8. The number of ether oxygens (including phenoxy) is 1. The molecule has 0 saturated carbocycles. The number of hydrogen-bond acceptors (Lipinski definition) is 2. The summed E-state index contributed by atoms with van der Waals surface area (Å²) in [5, 5.41) is 11.1. The molecule has 2 aromatic carbocycles. The van der Waals surface area contributed by atoms with Gasteiger partial charge in [0.1, 0.15) is 11.9 Å². The number of halogens is 1. The van der Waals surface area contributed by atoms with Gasteiger partial charge in [0.15, 0.2) is 0 Å². The lowest BCUT2D eigenvalue weighted by molar-refractivity contribution is 0.219. The Bertz CT molecular complexity index is 566. The highest BCUT2D eigenvalue weighted by Crippen LogP contribution is 2.28. The molecule has 0 saturated heterocycles. The summed E-state index contributed by atoms with van der Waals surface area (Å²) in [5.74, 6) is 0.761. The van der Waals surface area contributed by atoms with Crippen LogP contribution in [0, 0.1) is 6.92 Å². The van der Waals surface area contributed by atoms with Crippen LogP contribution >= 0.6 is 11.6 Å². The van der Waals surface area contributed by atoms with Crippen LogP contribution in [0.4, 0.5) is 0 Å². The molecule has 2 aromatic rings. The monoisotopic (exact) mass is 276 g/mol. The van der Waals surface area contributed by atoms with Gasteiger partial charge in [-0.1, -0.05) is 35.9 Å². The van der Waals surface area contributed by atoms with Crippen molar-refractivity contribution in [2.45, 2.75) is 20.0 Å². The van der Waals surface area contributed by atoms with Gasteiger partial charge >= 0.3 is 0 Å². The lowest BCUT2D eigenvalue weighted by atomic mass is 10.0. The molecule has 0 heterocycles. The topological polar surface area (TPSA) is 29.5 Å². The highest BCUT2D eigenvalue weighted by atomic mass is 35.5. The summed E-state index contributed by atoms with van der Waals surface area (Å²) < 4.78 is 5.44. The summed E-state index contributed by atoms with van der Waals surface area (Å²) in [7, 11) is 0. The van der Waals surface area contributed by atoms with Crippen molar-refractivity contribution >= 4 is 11.6 Å². The highest BCUT2D eigenvalue weighted by molar-refractivity contribution is 6.31. The summed E-state index contributed by atoms with van der Waals surface area (Å²) in [6.07, 6.45) is -0.696. The van der Waals surface area contributed by atoms with E-state index >= 15 is 0 Å². The molecule has 2 rings (SSSR count). The van der Waals surface area contributed by atoms with Crippen LogP contribution in [-0.2, 0) is 0 Å². The second-order valence-corrected chi connectivity index (χ2v) is 4.82. The summed E-state index contributed by atoms with van der Waals surface area (Å²) in [6.45, 7) is 4.48. The SMILES string of the molecule is CCOc1cccc(C(O)c2ccc(C)c(Cl)c2)c1. The standard InChI is InChI=1S/C16H17ClO2/c1-3-19-14-6-4-5-12(9-14)16(18)13-8-7-11(2)15(17)10-13/h4-10,16,18H,3H2,1-2H3. The van der Waals surface area contributed by atoms with Gasteiger partial charge in [-0.25, -0.2) is 0 Å². The van der Waals surface area contributed by atoms with Crippen LogP contribution in [0.3, 0.4) is 0 Å². The molecule has 0 aliphatic carbocycles. The maximum Gasteiger partial charge on any atom is 0.119 e. The number of rotatable bonds is 4. The maximum absolute atomic E-state index is 10.4. The lowest BCUT2D eigenvalue weighted by Crippen LogP contribution is -2.01. The molecule has 2 nitrogen and oxygen atoms in total. The minimum absolute atomic E-state index is 0.607. The van der Waals surface area contributed by atoms with E-state index in [1.807, 2.05) is 50.2 Å². The molecular weight excluding hydrogens is 260 g/mol. The molecule has 0 bridgehead atoms. The smallest absolute Gasteiger partial charge is 0.119 e. The summed E-state index contributed by atoms with van der Waals surface area (Å²) >= 11 is 6.09. The Hall–Kier alpha value is -1.51. The summed E-state index contributed by atoms with van der Waals surface area (Å²) in [5.41, 5.74) is 2.58. The second kappa shape index (κ2) is 6.09. The van der Waals surface area contributed by atoms with Crippen molar-refractivity contribution < 1.29 is 9.84 Å². The molecule has 0 aromatic heterocycles. The van der Waals surface area contributed by atoms with E-state index in [0.717, 1.165) is 22.4 Å². The Balaban J connectivity index is 2.29. The normalized spacial score (nSPS) is 12.2. The van der Waals surface area contributed by atoms with Crippen molar-refractivity contribution in [2.75, 3.05) is 6.61 Å². The second-order valence-electron chi connectivity index (χ2n) is 4.42. The molecule has 0 amide bonds. The van der Waals surface area contributed by atoms with Crippen LogP contribution in [0.25, 0.3) is 0 Å². The largest absolute Gasteiger partial charge is 0.494 e. The van der Waals surface area contributed by atoms with Crippen LogP contribution < -0.4 is 4.74 Å². The van der Waals surface area contributed by atoms with E-state index in [1.54, 1.807) is 6.07 Å². The van der Waals surface area contributed by atoms with Crippen molar-refractivity contribution in [1.29, 1.82) is 0 Å². The predicted octanol–water partition coefficient (Wildman–Crippen LogP) is 4.13. The van der Waals surface area contributed by atoms with E-state index in [2.05, 4.69) is 0 Å². The van der Waals surface area contributed by atoms with E-state index in [4.69, 9.17) is 16.3 Å². The Morgan fingerprint density at radius 3 is 2.58 bits per heavy atom. The molecule has 1 unspecified atom stereocenters. The molecule has 0 radical (unpaired) electrons. The minimum Gasteiger partial charge on any atom is -0.494 e. The van der Waals surface area contributed by atoms with Crippen molar-refractivity contribution in [1.82, 2.24) is 0 Å². The molecule has 1 atom stereocenters. The molecule has 0 aliphatic heterocycles. The van der Waals surface area contributed by atoms with E-state index in [1.165, 1.54) is 0 Å². The van der Waals surface area contributed by atoms with Gasteiger partial charge in [-0.3, -0.25) is 0 Å². The fourth-order valence-electron chi connectivity index (χ4n) is 1.91. The number of aryl methyl sites for hydroxylation is 1. The van der Waals surface area contributed by atoms with Crippen LogP contribution in [0.15, 0.2) is 42.5 Å². The maximum atomic E-state index is 10.4. The zero-order valence-electron chi connectivity index (χ0n) is 11.1. The Kier molecular flexibility index (Phi) is 4.46. The van der Waals surface area contributed by atoms with Crippen LogP contribution in [0.1, 0.15) is 29.7 Å². The van der Waals surface area contributed by atoms with Crippen LogP contribution in [0.2, 0.25) is 5.02 Å². The van der Waals surface area contributed by atoms with Gasteiger partial charge < -0.3 is 9.84 Å². The van der Waals surface area contributed by atoms with Crippen molar-refractivity contribution in [2.24, 2.45) is 0 Å². The first kappa shape index (κ1) is 13.9. The van der Waals surface area contributed by atoms with Crippen LogP contribution in [0.5, 0.6) is 5.75 Å². The Morgan fingerprint density at radius 1 is 1.16 bits per heavy atom. The van der Waals surface area contributed by atoms with E-state index in [-0.39, 0.29) is 0 Å². The van der Waals surface area contributed by atoms with E-state index in [0.29, 0.717) is 11.6 Å². The fourth-order valence-corrected chi connectivity index (χ4v) is 2.10. The Labute approximate surface area is 118 Å². The van der Waals surface area contributed by atoms with Gasteiger partial charge in [0, 0.05) is 5.02 Å². The average Bonchev–Trinajstić information content (AvgIpc) is 2.42. The fraction of sp³-hybridized carbons (Fsp3) is 0.250. The average molecular weight is 277 g/mol. The molecule has 0 spiro atoms. The lowest BCUT2D eigenvalue weighted by Gasteiger charge is -2.14. The third kappa shape index (κ3) is 3.28. The van der Waals surface area contributed by atoms with Crippen LogP contribution in [-0.4, -0.2) is 11.7 Å². The molecular formula is C16H17ClO2. The molecule has 19 heavy (non-hydrogen) atoms.